The molecule has 1 aromatic heterocycles. The van der Waals surface area contributed by atoms with Crippen molar-refractivity contribution < 1.29 is 14.1 Å². The highest BCUT2D eigenvalue weighted by molar-refractivity contribution is 7.98. The van der Waals surface area contributed by atoms with Crippen LogP contribution in [-0.2, 0) is 17.0 Å². The van der Waals surface area contributed by atoms with Crippen molar-refractivity contribution in [2.75, 3.05) is 0 Å². The minimum Gasteiger partial charge on any atom is -0.361 e. The number of nitrogens with one attached hydrogen (secondary N) is 2. The summed E-state index contributed by atoms with van der Waals surface area (Å²) in [6.07, 6.45) is 0.729. The highest BCUT2D eigenvalue weighted by Gasteiger charge is 2.12. The highest BCUT2D eigenvalue weighted by atomic mass is 35.5. The Kier molecular flexibility index (Phi) is 7.54. The molecule has 2 N–H and O–H groups in total. The molecule has 0 unspecified atom stereocenters. The Morgan fingerprint density at radius 2 is 1.73 bits per heavy atom. The fraction of sp³-hybridized carbons (Fsp3) is 0.227. The van der Waals surface area contributed by atoms with Crippen molar-refractivity contribution >= 4 is 35.2 Å². The molecule has 3 aromatic rings. The molecule has 0 atom stereocenters. The van der Waals surface area contributed by atoms with Gasteiger partial charge in [0, 0.05) is 33.2 Å². The van der Waals surface area contributed by atoms with Gasteiger partial charge in [0.2, 0.25) is 5.91 Å². The monoisotopic (exact) mass is 443 g/mol. The summed E-state index contributed by atoms with van der Waals surface area (Å²) in [5.74, 6) is 0.845. The molecule has 0 saturated heterocycles. The van der Waals surface area contributed by atoms with Gasteiger partial charge in [-0.1, -0.05) is 28.9 Å². The molecule has 6 nitrogen and oxygen atoms in total. The number of aryl methyl sites for hydroxylation is 2. The van der Waals surface area contributed by atoms with Gasteiger partial charge in [-0.25, -0.2) is 0 Å². The van der Waals surface area contributed by atoms with Gasteiger partial charge in [-0.15, -0.1) is 11.8 Å². The molecule has 30 heavy (non-hydrogen) atoms. The van der Waals surface area contributed by atoms with Crippen molar-refractivity contribution in [3.05, 3.63) is 81.7 Å². The Hall–Kier alpha value is -2.77. The lowest BCUT2D eigenvalue weighted by Gasteiger charge is -2.08. The third-order valence-corrected chi connectivity index (χ3v) is 5.87. The van der Waals surface area contributed by atoms with Gasteiger partial charge in [-0.2, -0.15) is 0 Å². The van der Waals surface area contributed by atoms with Crippen molar-refractivity contribution in [2.24, 2.45) is 0 Å². The van der Waals surface area contributed by atoms with E-state index in [2.05, 4.69) is 16.0 Å². The van der Waals surface area contributed by atoms with Crippen LogP contribution in [0.2, 0.25) is 5.02 Å². The van der Waals surface area contributed by atoms with Gasteiger partial charge in [-0.05, 0) is 62.2 Å². The van der Waals surface area contributed by atoms with Gasteiger partial charge >= 0.3 is 0 Å². The molecule has 8 heteroatoms. The second kappa shape index (κ2) is 10.3. The molecule has 0 bridgehead atoms. The number of aromatic nitrogens is 1. The first-order valence-corrected chi connectivity index (χ1v) is 10.8. The Balaban J connectivity index is 1.43. The minimum absolute atomic E-state index is 0.226. The van der Waals surface area contributed by atoms with Crippen LogP contribution < -0.4 is 10.9 Å². The summed E-state index contributed by atoms with van der Waals surface area (Å²) in [5, 5.41) is 4.58. The quantitative estimate of drug-likeness (QED) is 0.410. The van der Waals surface area contributed by atoms with Crippen molar-refractivity contribution in [3.8, 4) is 0 Å². The molecule has 3 rings (SSSR count). The first-order valence-electron chi connectivity index (χ1n) is 9.40. The van der Waals surface area contributed by atoms with Crippen molar-refractivity contribution in [2.45, 2.75) is 37.3 Å². The molecule has 0 fully saturated rings. The van der Waals surface area contributed by atoms with E-state index in [9.17, 15) is 9.59 Å². The van der Waals surface area contributed by atoms with Crippen LogP contribution >= 0.6 is 23.4 Å². The molecule has 0 saturated carbocycles. The maximum Gasteiger partial charge on any atom is 0.269 e. The Morgan fingerprint density at radius 1 is 1.03 bits per heavy atom. The van der Waals surface area contributed by atoms with E-state index < -0.39 is 0 Å². The molecule has 1 heterocycles. The van der Waals surface area contributed by atoms with E-state index >= 15 is 0 Å². The number of hydrogen-bond donors (Lipinski definition) is 2. The summed E-state index contributed by atoms with van der Waals surface area (Å²) >= 11 is 7.58. The predicted molar refractivity (Wildman–Crippen MR) is 117 cm³/mol. The van der Waals surface area contributed by atoms with Crippen LogP contribution in [0.4, 0.5) is 0 Å². The van der Waals surface area contributed by atoms with Crippen LogP contribution in [0.25, 0.3) is 0 Å². The molecule has 0 spiro atoms. The number of amides is 2. The lowest BCUT2D eigenvalue weighted by molar-refractivity contribution is -0.121. The number of halogens is 1. The molecule has 2 aromatic carbocycles. The van der Waals surface area contributed by atoms with Gasteiger partial charge < -0.3 is 4.52 Å². The van der Waals surface area contributed by atoms with E-state index in [4.69, 9.17) is 16.1 Å². The summed E-state index contributed by atoms with van der Waals surface area (Å²) in [4.78, 5) is 25.4. The van der Waals surface area contributed by atoms with Gasteiger partial charge in [0.05, 0.1) is 5.69 Å². The van der Waals surface area contributed by atoms with E-state index in [1.807, 2.05) is 50.2 Å². The van der Waals surface area contributed by atoms with Crippen LogP contribution in [0.1, 0.15) is 39.4 Å². The number of carbonyl (C=O) groups excluding carboxylic acids is 2. The van der Waals surface area contributed by atoms with Crippen LogP contribution in [-0.4, -0.2) is 17.0 Å². The third kappa shape index (κ3) is 6.11. The van der Waals surface area contributed by atoms with Crippen molar-refractivity contribution in [1.82, 2.24) is 16.0 Å². The van der Waals surface area contributed by atoms with Crippen LogP contribution in [0, 0.1) is 13.8 Å². The smallest absolute Gasteiger partial charge is 0.269 e. The normalized spacial score (nSPS) is 10.6. The highest BCUT2D eigenvalue weighted by Crippen LogP contribution is 2.24. The van der Waals surface area contributed by atoms with Gasteiger partial charge in [-0.3, -0.25) is 20.4 Å². The summed E-state index contributed by atoms with van der Waals surface area (Å²) in [6, 6.07) is 15.0. The fourth-order valence-electron chi connectivity index (χ4n) is 2.81. The topological polar surface area (TPSA) is 84.2 Å². The first kappa shape index (κ1) is 21.9. The maximum absolute atomic E-state index is 12.2. The number of benzene rings is 2. The van der Waals surface area contributed by atoms with Crippen LogP contribution in [0.15, 0.2) is 57.9 Å². The van der Waals surface area contributed by atoms with Gasteiger partial charge in [0.15, 0.2) is 0 Å². The molecule has 0 radical (unpaired) electrons. The summed E-state index contributed by atoms with van der Waals surface area (Å²) < 4.78 is 5.08. The van der Waals surface area contributed by atoms with E-state index in [-0.39, 0.29) is 18.2 Å². The minimum atomic E-state index is -0.363. The predicted octanol–water partition coefficient (Wildman–Crippen LogP) is 4.63. The van der Waals surface area contributed by atoms with Crippen LogP contribution in [0.5, 0.6) is 0 Å². The molecule has 0 aliphatic heterocycles. The lowest BCUT2D eigenvalue weighted by Crippen LogP contribution is -2.41. The van der Waals surface area contributed by atoms with E-state index in [1.165, 1.54) is 0 Å². The Labute approximate surface area is 184 Å². The SMILES string of the molecule is Cc1noc(C)c1CCC(=O)NNC(=O)c1ccc(CSc2ccc(Cl)cc2)cc1. The number of thioether (sulfide) groups is 1. The summed E-state index contributed by atoms with van der Waals surface area (Å²) in [5.41, 5.74) is 8.15. The second-order valence-corrected chi connectivity index (χ2v) is 8.23. The second-order valence-electron chi connectivity index (χ2n) is 6.74. The molecular formula is C22H22ClN3O3S. The van der Waals surface area contributed by atoms with Crippen LogP contribution in [0.3, 0.4) is 0 Å². The third-order valence-electron chi connectivity index (χ3n) is 4.53. The van der Waals surface area contributed by atoms with Crippen molar-refractivity contribution in [1.29, 1.82) is 0 Å². The Morgan fingerprint density at radius 3 is 2.37 bits per heavy atom. The first-order chi connectivity index (χ1) is 14.4. The van der Waals surface area contributed by atoms with E-state index in [0.29, 0.717) is 22.8 Å². The number of hydrazine groups is 1. The lowest BCUT2D eigenvalue weighted by atomic mass is 10.1. The Bertz CT molecular complexity index is 998. The molecule has 2 amide bonds. The fourth-order valence-corrected chi connectivity index (χ4v) is 3.79. The standard InChI is InChI=1S/C22H22ClN3O3S/c1-14-20(15(2)29-26-14)11-12-21(27)24-25-22(28)17-5-3-16(4-6-17)13-30-19-9-7-18(23)8-10-19/h3-10H,11-13H2,1-2H3,(H,24,27)(H,25,28). The zero-order valence-electron chi connectivity index (χ0n) is 16.7. The number of nitrogens with zero attached hydrogens (tertiary/aromatic N) is 1. The number of rotatable bonds is 7. The number of carbonyl (C=O) groups is 2. The summed E-state index contributed by atoms with van der Waals surface area (Å²) in [6.45, 7) is 3.65. The maximum atomic E-state index is 12.2. The van der Waals surface area contributed by atoms with Gasteiger partial charge in [0.1, 0.15) is 5.76 Å². The largest absolute Gasteiger partial charge is 0.361 e. The number of hydrogen-bond acceptors (Lipinski definition) is 5. The molecule has 0 aliphatic carbocycles. The zero-order valence-corrected chi connectivity index (χ0v) is 18.3. The average molecular weight is 444 g/mol. The zero-order chi connectivity index (χ0) is 21.5. The van der Waals surface area contributed by atoms with E-state index in [0.717, 1.165) is 27.5 Å². The van der Waals surface area contributed by atoms with Crippen molar-refractivity contribution in [3.63, 3.8) is 0 Å². The summed E-state index contributed by atoms with van der Waals surface area (Å²) in [7, 11) is 0. The molecule has 0 aliphatic rings. The van der Waals surface area contributed by atoms with E-state index in [1.54, 1.807) is 23.9 Å². The average Bonchev–Trinajstić information content (AvgIpc) is 3.07. The van der Waals surface area contributed by atoms with Gasteiger partial charge in [0.25, 0.3) is 5.91 Å². The molecular weight excluding hydrogens is 422 g/mol. The molecule has 156 valence electrons.